The Balaban J connectivity index is 1.17. The lowest BCUT2D eigenvalue weighted by Crippen LogP contribution is -2.53. The van der Waals surface area contributed by atoms with Crippen molar-refractivity contribution < 1.29 is 14.0 Å². The van der Waals surface area contributed by atoms with E-state index in [4.69, 9.17) is 4.42 Å². The fraction of sp³-hybridized carbons (Fsp3) is 0.458. The molecule has 8 heteroatoms. The smallest absolute Gasteiger partial charge is 0.289 e. The molecule has 4 rings (SSSR count). The predicted molar refractivity (Wildman–Crippen MR) is 122 cm³/mol. The number of hydrogen-bond donors (Lipinski definition) is 1. The summed E-state index contributed by atoms with van der Waals surface area (Å²) in [5.74, 6) is 1.33. The van der Waals surface area contributed by atoms with Gasteiger partial charge < -0.3 is 24.4 Å². The fourth-order valence-electron chi connectivity index (χ4n) is 4.32. The summed E-state index contributed by atoms with van der Waals surface area (Å²) < 4.78 is 5.22. The van der Waals surface area contributed by atoms with Gasteiger partial charge in [-0.3, -0.25) is 14.6 Å². The van der Waals surface area contributed by atoms with E-state index in [0.717, 1.165) is 25.3 Å². The van der Waals surface area contributed by atoms with Crippen LogP contribution in [0, 0.1) is 0 Å². The molecule has 0 unspecified atom stereocenters. The number of carbonyl (C=O) groups is 2. The lowest BCUT2D eigenvalue weighted by molar-refractivity contribution is -0.132. The molecule has 0 spiro atoms. The molecule has 0 aliphatic carbocycles. The summed E-state index contributed by atoms with van der Waals surface area (Å²) in [6.07, 6.45) is 3.73. The molecule has 2 aromatic rings. The highest BCUT2D eigenvalue weighted by Gasteiger charge is 2.25. The monoisotopic (exact) mass is 437 g/mol. The summed E-state index contributed by atoms with van der Waals surface area (Å²) in [5.41, 5.74) is 2.61. The molecule has 2 aliphatic rings. The number of guanidine groups is 1. The molecule has 1 fully saturated rings. The zero-order chi connectivity index (χ0) is 22.3. The highest BCUT2D eigenvalue weighted by atomic mass is 16.3. The molecule has 2 amide bonds. The lowest BCUT2D eigenvalue weighted by Gasteiger charge is -2.36. The van der Waals surface area contributed by atoms with Crippen molar-refractivity contribution in [3.63, 3.8) is 0 Å². The molecule has 8 nitrogen and oxygen atoms in total. The van der Waals surface area contributed by atoms with E-state index in [1.165, 1.54) is 17.4 Å². The maximum Gasteiger partial charge on any atom is 0.289 e. The Hall–Kier alpha value is -3.29. The minimum Gasteiger partial charge on any atom is -0.459 e. The van der Waals surface area contributed by atoms with Gasteiger partial charge in [0.15, 0.2) is 11.7 Å². The van der Waals surface area contributed by atoms with Gasteiger partial charge in [0.1, 0.15) is 0 Å². The van der Waals surface area contributed by atoms with Gasteiger partial charge in [-0.25, -0.2) is 0 Å². The summed E-state index contributed by atoms with van der Waals surface area (Å²) in [6.45, 7) is 4.85. The maximum absolute atomic E-state index is 12.6. The number of fused-ring (bicyclic) bond motifs is 1. The molecule has 2 aliphatic heterocycles. The van der Waals surface area contributed by atoms with Gasteiger partial charge in [0.25, 0.3) is 5.91 Å². The number of piperazine rings is 1. The second-order valence-corrected chi connectivity index (χ2v) is 8.17. The molecule has 32 heavy (non-hydrogen) atoms. The summed E-state index contributed by atoms with van der Waals surface area (Å²) in [6, 6.07) is 11.8. The number of rotatable bonds is 5. The first-order valence-corrected chi connectivity index (χ1v) is 11.3. The molecule has 1 saturated heterocycles. The van der Waals surface area contributed by atoms with Crippen LogP contribution in [0.1, 0.15) is 34.5 Å². The highest BCUT2D eigenvalue weighted by molar-refractivity contribution is 5.91. The average molecular weight is 438 g/mol. The van der Waals surface area contributed by atoms with Crippen LogP contribution in [0.2, 0.25) is 0 Å². The average Bonchev–Trinajstić information content (AvgIpc) is 3.38. The van der Waals surface area contributed by atoms with Crippen molar-refractivity contribution in [3.05, 3.63) is 59.5 Å². The fourth-order valence-corrected chi connectivity index (χ4v) is 4.32. The topological polar surface area (TPSA) is 81.4 Å². The molecular weight excluding hydrogens is 406 g/mol. The SMILES string of the molecule is CN=C(NCCCC(=O)N1CCc2ccccc2C1)N1CCN(C(=O)c2ccco2)CC1. The molecule has 1 N–H and O–H groups in total. The molecule has 170 valence electrons. The van der Waals surface area contributed by atoms with Crippen LogP contribution in [0.25, 0.3) is 0 Å². The van der Waals surface area contributed by atoms with E-state index < -0.39 is 0 Å². The summed E-state index contributed by atoms with van der Waals surface area (Å²) >= 11 is 0. The standard InChI is InChI=1S/C24H31N5O3/c1-25-24(28-15-13-27(14-16-28)23(31)21-8-5-17-32-21)26-11-4-9-22(30)29-12-10-19-6-2-3-7-20(19)18-29/h2-3,5-8,17H,4,9-16,18H2,1H3,(H,25,26). The Bertz CT molecular complexity index is 948. The van der Waals surface area contributed by atoms with Gasteiger partial charge in [-0.15, -0.1) is 0 Å². The molecule has 1 aromatic carbocycles. The molecule has 3 heterocycles. The summed E-state index contributed by atoms with van der Waals surface area (Å²) in [7, 11) is 1.76. The van der Waals surface area contributed by atoms with Crippen LogP contribution in [-0.2, 0) is 17.8 Å². The van der Waals surface area contributed by atoms with Crippen molar-refractivity contribution in [2.75, 3.05) is 46.3 Å². The third-order valence-corrected chi connectivity index (χ3v) is 6.14. The Morgan fingerprint density at radius 1 is 0.969 bits per heavy atom. The van der Waals surface area contributed by atoms with Gasteiger partial charge >= 0.3 is 0 Å². The number of carbonyl (C=O) groups excluding carboxylic acids is 2. The normalized spacial score (nSPS) is 16.7. The van der Waals surface area contributed by atoms with Crippen molar-refractivity contribution in [1.29, 1.82) is 0 Å². The third kappa shape index (κ3) is 5.12. The minimum atomic E-state index is -0.0727. The molecule has 0 atom stereocenters. The van der Waals surface area contributed by atoms with Crippen LogP contribution in [-0.4, -0.2) is 78.8 Å². The minimum absolute atomic E-state index is 0.0727. The van der Waals surface area contributed by atoms with E-state index >= 15 is 0 Å². The van der Waals surface area contributed by atoms with Crippen LogP contribution in [0.5, 0.6) is 0 Å². The number of furan rings is 1. The quantitative estimate of drug-likeness (QED) is 0.440. The van der Waals surface area contributed by atoms with E-state index in [2.05, 4.69) is 33.4 Å². The number of amides is 2. The van der Waals surface area contributed by atoms with Crippen LogP contribution in [0.3, 0.4) is 0 Å². The van der Waals surface area contributed by atoms with E-state index in [1.54, 1.807) is 24.1 Å². The van der Waals surface area contributed by atoms with Crippen LogP contribution >= 0.6 is 0 Å². The maximum atomic E-state index is 12.6. The second kappa shape index (κ2) is 10.3. The van der Waals surface area contributed by atoms with Crippen LogP contribution < -0.4 is 5.32 Å². The van der Waals surface area contributed by atoms with Crippen LogP contribution in [0.15, 0.2) is 52.1 Å². The zero-order valence-corrected chi connectivity index (χ0v) is 18.6. The molecule has 1 aromatic heterocycles. The number of hydrogen-bond acceptors (Lipinski definition) is 4. The van der Waals surface area contributed by atoms with Gasteiger partial charge in [-0.1, -0.05) is 24.3 Å². The predicted octanol–water partition coefficient (Wildman–Crippen LogP) is 1.98. The summed E-state index contributed by atoms with van der Waals surface area (Å²) in [5, 5.41) is 3.37. The first-order valence-electron chi connectivity index (χ1n) is 11.3. The van der Waals surface area contributed by atoms with Crippen molar-refractivity contribution in [3.8, 4) is 0 Å². The Labute approximate surface area is 188 Å². The van der Waals surface area contributed by atoms with E-state index in [9.17, 15) is 9.59 Å². The Morgan fingerprint density at radius 3 is 2.44 bits per heavy atom. The van der Waals surface area contributed by atoms with E-state index in [0.29, 0.717) is 51.4 Å². The van der Waals surface area contributed by atoms with Crippen molar-refractivity contribution in [2.24, 2.45) is 4.99 Å². The lowest BCUT2D eigenvalue weighted by atomic mass is 9.99. The second-order valence-electron chi connectivity index (χ2n) is 8.17. The largest absolute Gasteiger partial charge is 0.459 e. The van der Waals surface area contributed by atoms with Crippen molar-refractivity contribution in [1.82, 2.24) is 20.0 Å². The summed E-state index contributed by atoms with van der Waals surface area (Å²) in [4.78, 5) is 35.3. The molecule has 0 saturated carbocycles. The number of nitrogens with zero attached hydrogens (tertiary/aromatic N) is 4. The first-order chi connectivity index (χ1) is 15.7. The van der Waals surface area contributed by atoms with Gasteiger partial charge in [0, 0.05) is 59.3 Å². The third-order valence-electron chi connectivity index (χ3n) is 6.14. The van der Waals surface area contributed by atoms with Gasteiger partial charge in [0.2, 0.25) is 5.91 Å². The van der Waals surface area contributed by atoms with E-state index in [1.807, 2.05) is 11.0 Å². The van der Waals surface area contributed by atoms with Gasteiger partial charge in [-0.05, 0) is 36.1 Å². The van der Waals surface area contributed by atoms with Gasteiger partial charge in [0.05, 0.1) is 6.26 Å². The van der Waals surface area contributed by atoms with Gasteiger partial charge in [-0.2, -0.15) is 0 Å². The number of aliphatic imine (C=N–C) groups is 1. The van der Waals surface area contributed by atoms with E-state index in [-0.39, 0.29) is 11.8 Å². The highest BCUT2D eigenvalue weighted by Crippen LogP contribution is 2.19. The molecule has 0 radical (unpaired) electrons. The Morgan fingerprint density at radius 2 is 1.72 bits per heavy atom. The molecule has 0 bridgehead atoms. The number of benzene rings is 1. The molecular formula is C24H31N5O3. The zero-order valence-electron chi connectivity index (χ0n) is 18.6. The van der Waals surface area contributed by atoms with Crippen LogP contribution in [0.4, 0.5) is 0 Å². The van der Waals surface area contributed by atoms with Crippen molar-refractivity contribution >= 4 is 17.8 Å². The Kier molecular flexibility index (Phi) is 7.09. The van der Waals surface area contributed by atoms with Crippen molar-refractivity contribution in [2.45, 2.75) is 25.8 Å². The first kappa shape index (κ1) is 21.9. The number of nitrogens with one attached hydrogen (secondary N) is 1.